The quantitative estimate of drug-likeness (QED) is 0.780. The molecule has 0 aliphatic heterocycles. The molecule has 0 saturated carbocycles. The van der Waals surface area contributed by atoms with Crippen LogP contribution in [0, 0.1) is 0 Å². The molecule has 0 saturated heterocycles. The Morgan fingerprint density at radius 3 is 2.80 bits per heavy atom. The smallest absolute Gasteiger partial charge is 0.122 e. The SMILES string of the molecule is CCNCc1occc1CN(C)C(C)C. The summed E-state index contributed by atoms with van der Waals surface area (Å²) in [4.78, 5) is 2.31. The van der Waals surface area contributed by atoms with Gasteiger partial charge < -0.3 is 9.73 Å². The van der Waals surface area contributed by atoms with Crippen LogP contribution in [0.25, 0.3) is 0 Å². The summed E-state index contributed by atoms with van der Waals surface area (Å²) in [6, 6.07) is 2.62. The molecule has 0 spiro atoms. The fourth-order valence-corrected chi connectivity index (χ4v) is 1.35. The van der Waals surface area contributed by atoms with Gasteiger partial charge in [-0.25, -0.2) is 0 Å². The summed E-state index contributed by atoms with van der Waals surface area (Å²) in [6.45, 7) is 9.25. The summed E-state index contributed by atoms with van der Waals surface area (Å²) in [5, 5.41) is 3.28. The molecule has 0 aromatic carbocycles. The van der Waals surface area contributed by atoms with Crippen molar-refractivity contribution in [2.75, 3.05) is 13.6 Å². The normalized spacial score (nSPS) is 11.6. The zero-order valence-electron chi connectivity index (χ0n) is 10.2. The van der Waals surface area contributed by atoms with Crippen LogP contribution in [0.5, 0.6) is 0 Å². The molecule has 1 heterocycles. The fourth-order valence-electron chi connectivity index (χ4n) is 1.35. The maximum absolute atomic E-state index is 5.46. The van der Waals surface area contributed by atoms with Gasteiger partial charge in [-0.05, 0) is 33.5 Å². The minimum Gasteiger partial charge on any atom is -0.468 e. The highest BCUT2D eigenvalue weighted by Crippen LogP contribution is 2.13. The highest BCUT2D eigenvalue weighted by atomic mass is 16.3. The van der Waals surface area contributed by atoms with Crippen molar-refractivity contribution in [3.63, 3.8) is 0 Å². The molecule has 0 aliphatic rings. The Morgan fingerprint density at radius 2 is 2.20 bits per heavy atom. The van der Waals surface area contributed by atoms with E-state index in [0.717, 1.165) is 25.4 Å². The van der Waals surface area contributed by atoms with Crippen molar-refractivity contribution in [2.24, 2.45) is 0 Å². The Kier molecular flexibility index (Phi) is 4.85. The minimum absolute atomic E-state index is 0.562. The first kappa shape index (κ1) is 12.3. The Balaban J connectivity index is 2.56. The van der Waals surface area contributed by atoms with E-state index in [-0.39, 0.29) is 0 Å². The number of nitrogens with zero attached hydrogens (tertiary/aromatic N) is 1. The number of nitrogens with one attached hydrogen (secondary N) is 1. The van der Waals surface area contributed by atoms with Gasteiger partial charge in [0.15, 0.2) is 0 Å². The number of rotatable bonds is 6. The van der Waals surface area contributed by atoms with E-state index in [4.69, 9.17) is 4.42 Å². The molecule has 3 heteroatoms. The molecule has 15 heavy (non-hydrogen) atoms. The van der Waals surface area contributed by atoms with Crippen LogP contribution < -0.4 is 5.32 Å². The Morgan fingerprint density at radius 1 is 1.47 bits per heavy atom. The summed E-state index contributed by atoms with van der Waals surface area (Å²) >= 11 is 0. The molecule has 1 aromatic rings. The van der Waals surface area contributed by atoms with E-state index in [1.807, 2.05) is 0 Å². The summed E-state index contributed by atoms with van der Waals surface area (Å²) in [5.74, 6) is 1.06. The van der Waals surface area contributed by atoms with E-state index >= 15 is 0 Å². The Bertz CT molecular complexity index is 281. The Labute approximate surface area is 92.5 Å². The molecule has 1 N–H and O–H groups in total. The van der Waals surface area contributed by atoms with E-state index in [0.29, 0.717) is 6.04 Å². The minimum atomic E-state index is 0.562. The van der Waals surface area contributed by atoms with Crippen LogP contribution in [0.4, 0.5) is 0 Å². The van der Waals surface area contributed by atoms with Gasteiger partial charge in [0.2, 0.25) is 0 Å². The monoisotopic (exact) mass is 210 g/mol. The summed E-state index contributed by atoms with van der Waals surface area (Å²) in [7, 11) is 2.13. The standard InChI is InChI=1S/C12H22N2O/c1-5-13-8-12-11(6-7-15-12)9-14(4)10(2)3/h6-7,10,13H,5,8-9H2,1-4H3. The van der Waals surface area contributed by atoms with Crippen LogP contribution in [-0.2, 0) is 13.1 Å². The van der Waals surface area contributed by atoms with Gasteiger partial charge in [0.1, 0.15) is 5.76 Å². The van der Waals surface area contributed by atoms with E-state index in [1.54, 1.807) is 6.26 Å². The zero-order chi connectivity index (χ0) is 11.3. The van der Waals surface area contributed by atoms with Crippen molar-refractivity contribution in [3.05, 3.63) is 23.7 Å². The van der Waals surface area contributed by atoms with Gasteiger partial charge in [-0.3, -0.25) is 4.90 Å². The van der Waals surface area contributed by atoms with Crippen LogP contribution in [0.3, 0.4) is 0 Å². The van der Waals surface area contributed by atoms with Crippen molar-refractivity contribution >= 4 is 0 Å². The van der Waals surface area contributed by atoms with Crippen LogP contribution in [0.2, 0.25) is 0 Å². The first-order valence-electron chi connectivity index (χ1n) is 5.61. The van der Waals surface area contributed by atoms with Gasteiger partial charge in [-0.1, -0.05) is 6.92 Å². The molecular weight excluding hydrogens is 188 g/mol. The third-order valence-corrected chi connectivity index (χ3v) is 2.67. The molecule has 0 fully saturated rings. The summed E-state index contributed by atoms with van der Waals surface area (Å²) in [5.41, 5.74) is 1.28. The van der Waals surface area contributed by atoms with E-state index < -0.39 is 0 Å². The van der Waals surface area contributed by atoms with Gasteiger partial charge >= 0.3 is 0 Å². The molecular formula is C12H22N2O. The zero-order valence-corrected chi connectivity index (χ0v) is 10.2. The number of furan rings is 1. The maximum atomic E-state index is 5.46. The molecule has 3 nitrogen and oxygen atoms in total. The lowest BCUT2D eigenvalue weighted by Gasteiger charge is -2.20. The molecule has 0 atom stereocenters. The lowest BCUT2D eigenvalue weighted by atomic mass is 10.2. The van der Waals surface area contributed by atoms with Gasteiger partial charge in [0, 0.05) is 18.2 Å². The van der Waals surface area contributed by atoms with Crippen molar-refractivity contribution in [3.8, 4) is 0 Å². The van der Waals surface area contributed by atoms with Gasteiger partial charge in [-0.15, -0.1) is 0 Å². The van der Waals surface area contributed by atoms with E-state index in [2.05, 4.69) is 44.1 Å². The molecule has 1 aromatic heterocycles. The topological polar surface area (TPSA) is 28.4 Å². The van der Waals surface area contributed by atoms with Crippen molar-refractivity contribution in [1.82, 2.24) is 10.2 Å². The second kappa shape index (κ2) is 5.93. The highest BCUT2D eigenvalue weighted by Gasteiger charge is 2.10. The molecule has 0 bridgehead atoms. The molecule has 86 valence electrons. The lowest BCUT2D eigenvalue weighted by molar-refractivity contribution is 0.263. The largest absolute Gasteiger partial charge is 0.468 e. The van der Waals surface area contributed by atoms with Crippen LogP contribution in [0.1, 0.15) is 32.1 Å². The summed E-state index contributed by atoms with van der Waals surface area (Å²) in [6.07, 6.45) is 1.77. The van der Waals surface area contributed by atoms with Crippen LogP contribution in [0.15, 0.2) is 16.7 Å². The van der Waals surface area contributed by atoms with Gasteiger partial charge in [-0.2, -0.15) is 0 Å². The third kappa shape index (κ3) is 3.68. The predicted octanol–water partition coefficient (Wildman–Crippen LogP) is 2.23. The molecule has 0 aliphatic carbocycles. The van der Waals surface area contributed by atoms with Crippen molar-refractivity contribution in [2.45, 2.75) is 39.9 Å². The maximum Gasteiger partial charge on any atom is 0.122 e. The van der Waals surface area contributed by atoms with E-state index in [9.17, 15) is 0 Å². The second-order valence-corrected chi connectivity index (χ2v) is 4.16. The fraction of sp³-hybridized carbons (Fsp3) is 0.667. The van der Waals surface area contributed by atoms with Crippen LogP contribution >= 0.6 is 0 Å². The average molecular weight is 210 g/mol. The molecule has 0 amide bonds. The first-order chi connectivity index (χ1) is 7.15. The second-order valence-electron chi connectivity index (χ2n) is 4.16. The molecule has 1 rings (SSSR count). The average Bonchev–Trinajstić information content (AvgIpc) is 2.62. The number of hydrogen-bond donors (Lipinski definition) is 1. The van der Waals surface area contributed by atoms with Crippen molar-refractivity contribution in [1.29, 1.82) is 0 Å². The van der Waals surface area contributed by atoms with Gasteiger partial charge in [0.25, 0.3) is 0 Å². The number of hydrogen-bond acceptors (Lipinski definition) is 3. The molecule has 0 radical (unpaired) electrons. The van der Waals surface area contributed by atoms with Crippen molar-refractivity contribution < 1.29 is 4.42 Å². The first-order valence-corrected chi connectivity index (χ1v) is 5.61. The van der Waals surface area contributed by atoms with Gasteiger partial charge in [0.05, 0.1) is 12.8 Å². The molecule has 0 unspecified atom stereocenters. The van der Waals surface area contributed by atoms with Crippen LogP contribution in [-0.4, -0.2) is 24.5 Å². The third-order valence-electron chi connectivity index (χ3n) is 2.67. The lowest BCUT2D eigenvalue weighted by Crippen LogP contribution is -2.26. The highest BCUT2D eigenvalue weighted by molar-refractivity contribution is 5.16. The Hall–Kier alpha value is -0.800. The predicted molar refractivity (Wildman–Crippen MR) is 62.7 cm³/mol. The summed E-state index contributed by atoms with van der Waals surface area (Å²) < 4.78 is 5.46. The van der Waals surface area contributed by atoms with E-state index in [1.165, 1.54) is 5.56 Å².